The van der Waals surface area contributed by atoms with E-state index in [1.807, 2.05) is 29.2 Å². The Morgan fingerprint density at radius 2 is 2.05 bits per heavy atom. The number of morpholine rings is 1. The molecule has 0 radical (unpaired) electrons. The van der Waals surface area contributed by atoms with Gasteiger partial charge in [-0.1, -0.05) is 50.1 Å². The van der Waals surface area contributed by atoms with Crippen molar-refractivity contribution in [3.8, 4) is 0 Å². The van der Waals surface area contributed by atoms with Gasteiger partial charge in [-0.3, -0.25) is 4.79 Å². The maximum Gasteiger partial charge on any atom is 0.247 e. The van der Waals surface area contributed by atoms with Crippen LogP contribution in [0.3, 0.4) is 0 Å². The van der Waals surface area contributed by atoms with Crippen molar-refractivity contribution in [1.29, 1.82) is 0 Å². The van der Waals surface area contributed by atoms with Crippen molar-refractivity contribution in [2.24, 2.45) is 0 Å². The number of carbonyl (C=O) groups is 1. The molecule has 1 heterocycles. The van der Waals surface area contributed by atoms with Gasteiger partial charge in [-0.15, -0.1) is 0 Å². The van der Waals surface area contributed by atoms with Crippen LogP contribution in [0.25, 0.3) is 5.57 Å². The number of rotatable bonds is 3. The molecule has 1 aromatic rings. The Balaban J connectivity index is 1.78. The predicted molar refractivity (Wildman–Crippen MR) is 88.4 cm³/mol. The standard InChI is InChI=1S/C19H25NO2/c1-2-15(16-8-4-3-5-9-16)14-19(21)20-12-13-22-18-11-7-6-10-17(18)20/h3-5,8-9,14,17-18H,2,6-7,10-13H2,1H3/b15-14+. The number of hydrogen-bond acceptors (Lipinski definition) is 2. The zero-order valence-electron chi connectivity index (χ0n) is 13.3. The number of nitrogens with zero attached hydrogens (tertiary/aromatic N) is 1. The second-order valence-corrected chi connectivity index (χ2v) is 6.18. The van der Waals surface area contributed by atoms with Gasteiger partial charge in [0.25, 0.3) is 0 Å². The van der Waals surface area contributed by atoms with Crippen LogP contribution in [0.15, 0.2) is 36.4 Å². The molecule has 1 amide bonds. The molecule has 2 unspecified atom stereocenters. The molecule has 118 valence electrons. The summed E-state index contributed by atoms with van der Waals surface area (Å²) >= 11 is 0. The van der Waals surface area contributed by atoms with E-state index in [2.05, 4.69) is 19.1 Å². The van der Waals surface area contributed by atoms with E-state index < -0.39 is 0 Å². The van der Waals surface area contributed by atoms with Gasteiger partial charge in [0.05, 0.1) is 18.8 Å². The Hall–Kier alpha value is -1.61. The number of allylic oxidation sites excluding steroid dienone is 1. The van der Waals surface area contributed by atoms with Gasteiger partial charge < -0.3 is 9.64 Å². The summed E-state index contributed by atoms with van der Waals surface area (Å²) < 4.78 is 5.86. The average molecular weight is 299 g/mol. The Morgan fingerprint density at radius 1 is 1.27 bits per heavy atom. The molecule has 1 aromatic carbocycles. The second kappa shape index (κ2) is 7.10. The van der Waals surface area contributed by atoms with Crippen molar-refractivity contribution in [3.63, 3.8) is 0 Å². The quantitative estimate of drug-likeness (QED) is 0.797. The van der Waals surface area contributed by atoms with Crippen LogP contribution in [0.2, 0.25) is 0 Å². The molecule has 0 bridgehead atoms. The highest BCUT2D eigenvalue weighted by Gasteiger charge is 2.36. The fourth-order valence-electron chi connectivity index (χ4n) is 3.64. The van der Waals surface area contributed by atoms with Gasteiger partial charge in [0, 0.05) is 12.6 Å². The number of carbonyl (C=O) groups excluding carboxylic acids is 1. The molecular formula is C19H25NO2. The highest BCUT2D eigenvalue weighted by Crippen LogP contribution is 2.29. The molecule has 2 fully saturated rings. The molecule has 1 saturated carbocycles. The third-order valence-electron chi connectivity index (χ3n) is 4.84. The highest BCUT2D eigenvalue weighted by molar-refractivity contribution is 5.95. The highest BCUT2D eigenvalue weighted by atomic mass is 16.5. The van der Waals surface area contributed by atoms with Gasteiger partial charge >= 0.3 is 0 Å². The van der Waals surface area contributed by atoms with Crippen LogP contribution in [0.1, 0.15) is 44.6 Å². The lowest BCUT2D eigenvalue weighted by Crippen LogP contribution is -2.54. The van der Waals surface area contributed by atoms with Crippen molar-refractivity contribution >= 4 is 11.5 Å². The zero-order chi connectivity index (χ0) is 15.4. The minimum Gasteiger partial charge on any atom is -0.374 e. The SMILES string of the molecule is CC/C(=C\C(=O)N1CCOC2CCCCC21)c1ccccc1. The summed E-state index contributed by atoms with van der Waals surface area (Å²) in [6, 6.07) is 10.5. The molecule has 22 heavy (non-hydrogen) atoms. The lowest BCUT2D eigenvalue weighted by atomic mass is 9.90. The predicted octanol–water partition coefficient (Wildman–Crippen LogP) is 3.65. The van der Waals surface area contributed by atoms with Crippen molar-refractivity contribution in [2.75, 3.05) is 13.2 Å². The molecule has 1 aliphatic heterocycles. The third kappa shape index (κ3) is 3.25. The van der Waals surface area contributed by atoms with Gasteiger partial charge in [0.15, 0.2) is 0 Å². The number of benzene rings is 1. The van der Waals surface area contributed by atoms with E-state index in [1.165, 1.54) is 12.8 Å². The first kappa shape index (κ1) is 15.3. The molecule has 0 aromatic heterocycles. The van der Waals surface area contributed by atoms with Crippen LogP contribution in [-0.2, 0) is 9.53 Å². The molecule has 3 heteroatoms. The van der Waals surface area contributed by atoms with Crippen LogP contribution < -0.4 is 0 Å². The first-order valence-corrected chi connectivity index (χ1v) is 8.48. The summed E-state index contributed by atoms with van der Waals surface area (Å²) in [5, 5.41) is 0. The molecule has 3 nitrogen and oxygen atoms in total. The molecular weight excluding hydrogens is 274 g/mol. The number of hydrogen-bond donors (Lipinski definition) is 0. The molecule has 1 saturated heterocycles. The second-order valence-electron chi connectivity index (χ2n) is 6.18. The van der Waals surface area contributed by atoms with Gasteiger partial charge in [-0.25, -0.2) is 0 Å². The number of fused-ring (bicyclic) bond motifs is 1. The van der Waals surface area contributed by atoms with E-state index in [0.29, 0.717) is 6.61 Å². The van der Waals surface area contributed by atoms with E-state index in [0.717, 1.165) is 36.9 Å². The van der Waals surface area contributed by atoms with Gasteiger partial charge in [0.2, 0.25) is 5.91 Å². The van der Waals surface area contributed by atoms with E-state index >= 15 is 0 Å². The van der Waals surface area contributed by atoms with Crippen molar-refractivity contribution in [2.45, 2.75) is 51.2 Å². The lowest BCUT2D eigenvalue weighted by Gasteiger charge is -2.43. The van der Waals surface area contributed by atoms with Gasteiger partial charge in [0.1, 0.15) is 0 Å². The maximum atomic E-state index is 12.8. The van der Waals surface area contributed by atoms with E-state index in [-0.39, 0.29) is 18.1 Å². The molecule has 2 atom stereocenters. The Bertz CT molecular complexity index is 536. The fraction of sp³-hybridized carbons (Fsp3) is 0.526. The maximum absolute atomic E-state index is 12.8. The molecule has 0 N–H and O–H groups in total. The average Bonchev–Trinajstić information content (AvgIpc) is 2.59. The normalized spacial score (nSPS) is 25.7. The molecule has 3 rings (SSSR count). The summed E-state index contributed by atoms with van der Waals surface area (Å²) in [7, 11) is 0. The molecule has 2 aliphatic rings. The largest absolute Gasteiger partial charge is 0.374 e. The molecule has 0 spiro atoms. The first-order valence-electron chi connectivity index (χ1n) is 8.48. The summed E-state index contributed by atoms with van der Waals surface area (Å²) in [5.74, 6) is 0.154. The third-order valence-corrected chi connectivity index (χ3v) is 4.84. The minimum absolute atomic E-state index is 0.154. The van der Waals surface area contributed by atoms with Crippen molar-refractivity contribution in [1.82, 2.24) is 4.90 Å². The van der Waals surface area contributed by atoms with Crippen LogP contribution in [-0.4, -0.2) is 36.1 Å². The van der Waals surface area contributed by atoms with Gasteiger partial charge in [-0.05, 0) is 30.4 Å². The fourth-order valence-corrected chi connectivity index (χ4v) is 3.64. The van der Waals surface area contributed by atoms with E-state index in [4.69, 9.17) is 4.74 Å². The monoisotopic (exact) mass is 299 g/mol. The van der Waals surface area contributed by atoms with Gasteiger partial charge in [-0.2, -0.15) is 0 Å². The smallest absolute Gasteiger partial charge is 0.247 e. The Kier molecular flexibility index (Phi) is 4.94. The minimum atomic E-state index is 0.154. The van der Waals surface area contributed by atoms with Crippen LogP contribution in [0, 0.1) is 0 Å². The molecule has 1 aliphatic carbocycles. The van der Waals surface area contributed by atoms with Crippen LogP contribution in [0.5, 0.6) is 0 Å². The number of amides is 1. The number of ether oxygens (including phenoxy) is 1. The zero-order valence-corrected chi connectivity index (χ0v) is 13.3. The van der Waals surface area contributed by atoms with Crippen molar-refractivity contribution < 1.29 is 9.53 Å². The first-order chi connectivity index (χ1) is 10.8. The topological polar surface area (TPSA) is 29.5 Å². The van der Waals surface area contributed by atoms with Crippen LogP contribution in [0.4, 0.5) is 0 Å². The summed E-state index contributed by atoms with van der Waals surface area (Å²) in [6.07, 6.45) is 7.57. The van der Waals surface area contributed by atoms with E-state index in [1.54, 1.807) is 0 Å². The van der Waals surface area contributed by atoms with Crippen LogP contribution >= 0.6 is 0 Å². The summed E-state index contributed by atoms with van der Waals surface area (Å²) in [5.41, 5.74) is 2.26. The summed E-state index contributed by atoms with van der Waals surface area (Å²) in [4.78, 5) is 14.8. The Morgan fingerprint density at radius 3 is 2.82 bits per heavy atom. The summed E-state index contributed by atoms with van der Waals surface area (Å²) in [6.45, 7) is 3.50. The van der Waals surface area contributed by atoms with Crippen molar-refractivity contribution in [3.05, 3.63) is 42.0 Å². The lowest BCUT2D eigenvalue weighted by molar-refractivity contribution is -0.144. The van der Waals surface area contributed by atoms with E-state index in [9.17, 15) is 4.79 Å². The Labute approximate surface area is 133 Å².